The number of aromatic nitrogens is 2. The number of nitrogen functional groups attached to an aromatic ring is 1. The standard InChI is InChI=1S/C26H29ClN4O4/c1-4-5-14-30-24(28)23(25(33)29-26(30)34)31(16-18-10-6-9-13-21(18)35-3)22(32)15-17(2)19-11-7-8-12-20(19)27/h6-13,15H,4-5,14,16,28H2,1-3H3,(H,29,33,34)/b17-15-. The number of H-pyrrole nitrogens is 1. The normalized spacial score (nSPS) is 11.4. The molecule has 0 radical (unpaired) electrons. The molecule has 0 aliphatic rings. The van der Waals surface area contributed by atoms with Gasteiger partial charge in [0.15, 0.2) is 5.69 Å². The van der Waals surface area contributed by atoms with Gasteiger partial charge >= 0.3 is 5.69 Å². The van der Waals surface area contributed by atoms with E-state index in [1.54, 1.807) is 43.3 Å². The first kappa shape index (κ1) is 25.8. The summed E-state index contributed by atoms with van der Waals surface area (Å²) in [7, 11) is 1.53. The second-order valence-corrected chi connectivity index (χ2v) is 8.45. The maximum absolute atomic E-state index is 13.6. The molecule has 9 heteroatoms. The van der Waals surface area contributed by atoms with Crippen molar-refractivity contribution in [3.63, 3.8) is 0 Å². The Bertz CT molecular complexity index is 1360. The number of rotatable bonds is 9. The minimum absolute atomic E-state index is 0.00555. The molecule has 0 aliphatic heterocycles. The van der Waals surface area contributed by atoms with Gasteiger partial charge in [-0.3, -0.25) is 24.0 Å². The Kier molecular flexibility index (Phi) is 8.54. The van der Waals surface area contributed by atoms with Crippen LogP contribution in [0.3, 0.4) is 0 Å². The summed E-state index contributed by atoms with van der Waals surface area (Å²) in [5.41, 5.74) is 6.84. The van der Waals surface area contributed by atoms with E-state index in [1.807, 2.05) is 19.1 Å². The minimum Gasteiger partial charge on any atom is -0.496 e. The number of nitrogens with zero attached hydrogens (tertiary/aromatic N) is 2. The highest BCUT2D eigenvalue weighted by atomic mass is 35.5. The number of halogens is 1. The molecular formula is C26H29ClN4O4. The maximum Gasteiger partial charge on any atom is 0.330 e. The average Bonchev–Trinajstić information content (AvgIpc) is 2.83. The Morgan fingerprint density at radius 2 is 1.86 bits per heavy atom. The average molecular weight is 497 g/mol. The number of ether oxygens (including phenoxy) is 1. The zero-order chi connectivity index (χ0) is 25.5. The van der Waals surface area contributed by atoms with Gasteiger partial charge < -0.3 is 10.5 Å². The number of unbranched alkanes of at least 4 members (excludes halogenated alkanes) is 1. The number of para-hydroxylation sites is 1. The summed E-state index contributed by atoms with van der Waals surface area (Å²) < 4.78 is 6.73. The third kappa shape index (κ3) is 5.84. The highest BCUT2D eigenvalue weighted by molar-refractivity contribution is 6.32. The summed E-state index contributed by atoms with van der Waals surface area (Å²) in [6.45, 7) is 4.05. The van der Waals surface area contributed by atoms with Crippen LogP contribution in [0.15, 0.2) is 64.2 Å². The highest BCUT2D eigenvalue weighted by Gasteiger charge is 2.25. The van der Waals surface area contributed by atoms with Crippen molar-refractivity contribution in [3.8, 4) is 5.75 Å². The summed E-state index contributed by atoms with van der Waals surface area (Å²) in [5.74, 6) is -0.0168. The number of nitrogens with two attached hydrogens (primary N) is 1. The van der Waals surface area contributed by atoms with Crippen LogP contribution in [0.4, 0.5) is 11.5 Å². The summed E-state index contributed by atoms with van der Waals surface area (Å²) in [5, 5.41) is 0.496. The number of anilines is 2. The molecular weight excluding hydrogens is 468 g/mol. The first-order valence-corrected chi connectivity index (χ1v) is 11.6. The summed E-state index contributed by atoms with van der Waals surface area (Å²) in [6, 6.07) is 14.3. The number of hydrogen-bond acceptors (Lipinski definition) is 5. The number of methoxy groups -OCH3 is 1. The summed E-state index contributed by atoms with van der Waals surface area (Å²) >= 11 is 6.31. The van der Waals surface area contributed by atoms with E-state index in [0.29, 0.717) is 40.4 Å². The van der Waals surface area contributed by atoms with Gasteiger partial charge in [-0.25, -0.2) is 4.79 Å². The molecule has 0 saturated carbocycles. The molecule has 3 N–H and O–H groups in total. The molecule has 0 fully saturated rings. The van der Waals surface area contributed by atoms with Crippen LogP contribution in [-0.4, -0.2) is 22.6 Å². The van der Waals surface area contributed by atoms with E-state index in [1.165, 1.54) is 22.7 Å². The van der Waals surface area contributed by atoms with Crippen LogP contribution in [0.2, 0.25) is 5.02 Å². The van der Waals surface area contributed by atoms with Gasteiger partial charge in [-0.05, 0) is 36.6 Å². The molecule has 3 aromatic rings. The number of amides is 1. The van der Waals surface area contributed by atoms with Crippen LogP contribution < -0.4 is 26.6 Å². The Labute approximate surface area is 208 Å². The van der Waals surface area contributed by atoms with Crippen molar-refractivity contribution in [2.75, 3.05) is 17.7 Å². The lowest BCUT2D eigenvalue weighted by Gasteiger charge is -2.24. The topological polar surface area (TPSA) is 110 Å². The Morgan fingerprint density at radius 1 is 1.17 bits per heavy atom. The van der Waals surface area contributed by atoms with Crippen molar-refractivity contribution in [2.24, 2.45) is 0 Å². The van der Waals surface area contributed by atoms with Gasteiger partial charge in [-0.15, -0.1) is 0 Å². The van der Waals surface area contributed by atoms with Gasteiger partial charge in [-0.2, -0.15) is 0 Å². The quantitative estimate of drug-likeness (QED) is 0.431. The Hall–Kier alpha value is -3.78. The van der Waals surface area contributed by atoms with Crippen LogP contribution in [0.25, 0.3) is 5.57 Å². The van der Waals surface area contributed by atoms with E-state index in [-0.39, 0.29) is 18.1 Å². The second-order valence-electron chi connectivity index (χ2n) is 8.04. The number of nitrogens with one attached hydrogen (secondary N) is 1. The molecule has 2 aromatic carbocycles. The zero-order valence-corrected chi connectivity index (χ0v) is 20.8. The molecule has 8 nitrogen and oxygen atoms in total. The highest BCUT2D eigenvalue weighted by Crippen LogP contribution is 2.27. The molecule has 0 saturated heterocycles. The SMILES string of the molecule is CCCCn1c(N)c(N(Cc2ccccc2OC)C(=O)/C=C(/C)c2ccccc2Cl)c(=O)[nH]c1=O. The molecule has 1 aromatic heterocycles. The van der Waals surface area contributed by atoms with E-state index in [2.05, 4.69) is 4.98 Å². The van der Waals surface area contributed by atoms with Gasteiger partial charge in [0.05, 0.1) is 13.7 Å². The van der Waals surface area contributed by atoms with Crippen molar-refractivity contribution in [2.45, 2.75) is 39.8 Å². The second kappa shape index (κ2) is 11.6. The fourth-order valence-corrected chi connectivity index (χ4v) is 4.05. The maximum atomic E-state index is 13.6. The molecule has 0 aliphatic carbocycles. The number of aromatic amines is 1. The van der Waals surface area contributed by atoms with E-state index in [0.717, 1.165) is 6.42 Å². The fraction of sp³-hybridized carbons (Fsp3) is 0.269. The summed E-state index contributed by atoms with van der Waals surface area (Å²) in [6.07, 6.45) is 2.91. The predicted molar refractivity (Wildman–Crippen MR) is 140 cm³/mol. The number of carbonyl (C=O) groups is 1. The van der Waals surface area contributed by atoms with E-state index in [4.69, 9.17) is 22.1 Å². The lowest BCUT2D eigenvalue weighted by molar-refractivity contribution is -0.114. The first-order valence-electron chi connectivity index (χ1n) is 11.3. The number of hydrogen-bond donors (Lipinski definition) is 2. The summed E-state index contributed by atoms with van der Waals surface area (Å²) in [4.78, 5) is 42.6. The van der Waals surface area contributed by atoms with Crippen LogP contribution in [0.1, 0.15) is 37.8 Å². The van der Waals surface area contributed by atoms with Crippen molar-refractivity contribution in [1.29, 1.82) is 0 Å². The third-order valence-corrected chi connectivity index (χ3v) is 5.97. The van der Waals surface area contributed by atoms with Crippen LogP contribution in [0.5, 0.6) is 5.75 Å². The molecule has 0 bridgehead atoms. The Morgan fingerprint density at radius 3 is 2.54 bits per heavy atom. The van der Waals surface area contributed by atoms with Crippen molar-refractivity contribution in [1.82, 2.24) is 9.55 Å². The lowest BCUT2D eigenvalue weighted by Crippen LogP contribution is -2.40. The first-order chi connectivity index (χ1) is 16.8. The van der Waals surface area contributed by atoms with Crippen LogP contribution in [-0.2, 0) is 17.9 Å². The zero-order valence-electron chi connectivity index (χ0n) is 20.0. The molecule has 1 heterocycles. The lowest BCUT2D eigenvalue weighted by atomic mass is 10.1. The molecule has 0 atom stereocenters. The van der Waals surface area contributed by atoms with E-state index in [9.17, 15) is 14.4 Å². The molecule has 0 spiro atoms. The fourth-order valence-electron chi connectivity index (χ4n) is 3.77. The molecule has 0 unspecified atom stereocenters. The van der Waals surface area contributed by atoms with Gasteiger partial charge in [0.2, 0.25) is 0 Å². The van der Waals surface area contributed by atoms with Crippen LogP contribution >= 0.6 is 11.6 Å². The predicted octanol–water partition coefficient (Wildman–Crippen LogP) is 4.22. The number of carbonyl (C=O) groups excluding carboxylic acids is 1. The van der Waals surface area contributed by atoms with Crippen molar-refractivity contribution in [3.05, 3.63) is 91.6 Å². The third-order valence-electron chi connectivity index (χ3n) is 5.64. The largest absolute Gasteiger partial charge is 0.496 e. The van der Waals surface area contributed by atoms with Gasteiger partial charge in [0.1, 0.15) is 11.6 Å². The van der Waals surface area contributed by atoms with Gasteiger partial charge in [0.25, 0.3) is 11.5 Å². The number of benzene rings is 2. The monoisotopic (exact) mass is 496 g/mol. The molecule has 35 heavy (non-hydrogen) atoms. The molecule has 1 amide bonds. The van der Waals surface area contributed by atoms with Crippen molar-refractivity contribution >= 4 is 34.6 Å². The van der Waals surface area contributed by atoms with E-state index < -0.39 is 17.2 Å². The van der Waals surface area contributed by atoms with E-state index >= 15 is 0 Å². The van der Waals surface area contributed by atoms with Crippen molar-refractivity contribution < 1.29 is 9.53 Å². The van der Waals surface area contributed by atoms with Gasteiger partial charge in [0, 0.05) is 23.2 Å². The molecule has 3 rings (SSSR count). The molecule has 184 valence electrons. The van der Waals surface area contributed by atoms with Gasteiger partial charge in [-0.1, -0.05) is 61.3 Å². The number of allylic oxidation sites excluding steroid dienone is 1. The Balaban J connectivity index is 2.17. The smallest absolute Gasteiger partial charge is 0.330 e. The van der Waals surface area contributed by atoms with Crippen LogP contribution in [0, 0.1) is 0 Å². The minimum atomic E-state index is -0.743.